The Kier molecular flexibility index (Phi) is 8.94. The minimum atomic E-state index is -3.53. The summed E-state index contributed by atoms with van der Waals surface area (Å²) in [6.07, 6.45) is 1.68. The summed E-state index contributed by atoms with van der Waals surface area (Å²) in [7, 11) is -0.430. The fourth-order valence-corrected chi connectivity index (χ4v) is 3.65. The molecule has 9 heteroatoms. The van der Waals surface area contributed by atoms with Crippen LogP contribution in [-0.2, 0) is 21.4 Å². The Morgan fingerprint density at radius 2 is 1.70 bits per heavy atom. The SMILES string of the molecule is CCCCNS(=O)(=O)c1ccc(OCC(=O)NCc2ccc(OC)c(OC)c2)cc1. The summed E-state index contributed by atoms with van der Waals surface area (Å²) in [5.41, 5.74) is 0.853. The minimum absolute atomic E-state index is 0.156. The number of methoxy groups -OCH3 is 2. The van der Waals surface area contributed by atoms with E-state index in [4.69, 9.17) is 14.2 Å². The molecule has 0 radical (unpaired) electrons. The van der Waals surface area contributed by atoms with Crippen molar-refractivity contribution in [3.8, 4) is 17.2 Å². The van der Waals surface area contributed by atoms with Crippen LogP contribution in [0.15, 0.2) is 47.4 Å². The van der Waals surface area contributed by atoms with Gasteiger partial charge in [-0.05, 0) is 48.4 Å². The highest BCUT2D eigenvalue weighted by molar-refractivity contribution is 7.89. The number of nitrogens with one attached hydrogen (secondary N) is 2. The Balaban J connectivity index is 1.83. The van der Waals surface area contributed by atoms with Crippen molar-refractivity contribution in [1.82, 2.24) is 10.0 Å². The molecule has 0 saturated carbocycles. The van der Waals surface area contributed by atoms with Gasteiger partial charge in [0.1, 0.15) is 5.75 Å². The Morgan fingerprint density at radius 1 is 1.00 bits per heavy atom. The molecule has 0 aliphatic heterocycles. The summed E-state index contributed by atoms with van der Waals surface area (Å²) in [5.74, 6) is 1.30. The lowest BCUT2D eigenvalue weighted by atomic mass is 10.2. The number of rotatable bonds is 12. The molecule has 2 N–H and O–H groups in total. The predicted molar refractivity (Wildman–Crippen MR) is 113 cm³/mol. The van der Waals surface area contributed by atoms with Crippen LogP contribution in [0.1, 0.15) is 25.3 Å². The van der Waals surface area contributed by atoms with Crippen LogP contribution < -0.4 is 24.2 Å². The number of hydrogen-bond acceptors (Lipinski definition) is 6. The van der Waals surface area contributed by atoms with Gasteiger partial charge in [0.25, 0.3) is 5.91 Å². The molecule has 2 aromatic carbocycles. The lowest BCUT2D eigenvalue weighted by Crippen LogP contribution is -2.28. The molecule has 30 heavy (non-hydrogen) atoms. The fraction of sp³-hybridized carbons (Fsp3) is 0.381. The number of ether oxygens (including phenoxy) is 3. The molecule has 0 aliphatic rings. The van der Waals surface area contributed by atoms with E-state index >= 15 is 0 Å². The van der Waals surface area contributed by atoms with Gasteiger partial charge in [-0.15, -0.1) is 0 Å². The van der Waals surface area contributed by atoms with Gasteiger partial charge in [-0.2, -0.15) is 0 Å². The smallest absolute Gasteiger partial charge is 0.258 e. The molecule has 164 valence electrons. The number of unbranched alkanes of at least 4 members (excludes halogenated alkanes) is 1. The van der Waals surface area contributed by atoms with Crippen LogP contribution in [0.5, 0.6) is 17.2 Å². The Hall–Kier alpha value is -2.78. The van der Waals surface area contributed by atoms with E-state index in [1.807, 2.05) is 13.0 Å². The second kappa shape index (κ2) is 11.4. The normalized spacial score (nSPS) is 11.0. The van der Waals surface area contributed by atoms with Gasteiger partial charge in [-0.1, -0.05) is 19.4 Å². The predicted octanol–water partition coefficient (Wildman–Crippen LogP) is 2.48. The maximum Gasteiger partial charge on any atom is 0.258 e. The van der Waals surface area contributed by atoms with Crippen molar-refractivity contribution >= 4 is 15.9 Å². The number of benzene rings is 2. The minimum Gasteiger partial charge on any atom is -0.493 e. The zero-order valence-corrected chi connectivity index (χ0v) is 18.3. The summed E-state index contributed by atoms with van der Waals surface area (Å²) < 4.78 is 42.7. The summed E-state index contributed by atoms with van der Waals surface area (Å²) in [6, 6.07) is 11.3. The average Bonchev–Trinajstić information content (AvgIpc) is 2.76. The highest BCUT2D eigenvalue weighted by atomic mass is 32.2. The third kappa shape index (κ3) is 6.93. The van der Waals surface area contributed by atoms with Crippen molar-refractivity contribution in [1.29, 1.82) is 0 Å². The van der Waals surface area contributed by atoms with Crippen LogP contribution in [0.4, 0.5) is 0 Å². The quantitative estimate of drug-likeness (QED) is 0.496. The number of sulfonamides is 1. The maximum absolute atomic E-state index is 12.2. The van der Waals surface area contributed by atoms with E-state index in [0.29, 0.717) is 30.3 Å². The van der Waals surface area contributed by atoms with Gasteiger partial charge in [-0.3, -0.25) is 4.79 Å². The topological polar surface area (TPSA) is 103 Å². The van der Waals surface area contributed by atoms with Crippen molar-refractivity contribution in [3.63, 3.8) is 0 Å². The molecule has 0 aliphatic carbocycles. The molecule has 8 nitrogen and oxygen atoms in total. The van der Waals surface area contributed by atoms with Crippen LogP contribution in [0.3, 0.4) is 0 Å². The van der Waals surface area contributed by atoms with Gasteiger partial charge >= 0.3 is 0 Å². The van der Waals surface area contributed by atoms with E-state index in [2.05, 4.69) is 10.0 Å². The van der Waals surface area contributed by atoms with Crippen LogP contribution in [0.25, 0.3) is 0 Å². The second-order valence-corrected chi connectivity index (χ2v) is 8.24. The second-order valence-electron chi connectivity index (χ2n) is 6.48. The third-order valence-corrected chi connectivity index (χ3v) is 5.74. The highest BCUT2D eigenvalue weighted by Gasteiger charge is 2.13. The standard InChI is InChI=1S/C21H28N2O6S/c1-4-5-12-23-30(25,26)18-9-7-17(8-10-18)29-15-21(24)22-14-16-6-11-19(27-2)20(13-16)28-3/h6-11,13,23H,4-5,12,14-15H2,1-3H3,(H,22,24). The molecule has 2 aromatic rings. The van der Waals surface area contributed by atoms with Gasteiger partial charge in [0, 0.05) is 13.1 Å². The summed E-state index contributed by atoms with van der Waals surface area (Å²) >= 11 is 0. The largest absolute Gasteiger partial charge is 0.493 e. The molecule has 0 spiro atoms. The zero-order chi connectivity index (χ0) is 22.0. The first-order valence-electron chi connectivity index (χ1n) is 9.59. The van der Waals surface area contributed by atoms with Crippen molar-refractivity contribution in [3.05, 3.63) is 48.0 Å². The van der Waals surface area contributed by atoms with E-state index in [9.17, 15) is 13.2 Å². The number of amides is 1. The highest BCUT2D eigenvalue weighted by Crippen LogP contribution is 2.27. The van der Waals surface area contributed by atoms with Crippen molar-refractivity contribution < 1.29 is 27.4 Å². The molecule has 0 fully saturated rings. The van der Waals surface area contributed by atoms with Crippen LogP contribution in [0, 0.1) is 0 Å². The zero-order valence-electron chi connectivity index (χ0n) is 17.4. The monoisotopic (exact) mass is 436 g/mol. The van der Waals surface area contributed by atoms with Crippen molar-refractivity contribution in [2.45, 2.75) is 31.2 Å². The number of carbonyl (C=O) groups is 1. The van der Waals surface area contributed by atoms with Gasteiger partial charge in [0.05, 0.1) is 19.1 Å². The van der Waals surface area contributed by atoms with Gasteiger partial charge < -0.3 is 19.5 Å². The van der Waals surface area contributed by atoms with Crippen LogP contribution >= 0.6 is 0 Å². The molecular formula is C21H28N2O6S. The molecule has 0 heterocycles. The third-order valence-electron chi connectivity index (χ3n) is 4.26. The summed E-state index contributed by atoms with van der Waals surface area (Å²) in [5, 5.41) is 2.76. The molecule has 1 amide bonds. The number of hydrogen-bond donors (Lipinski definition) is 2. The Morgan fingerprint density at radius 3 is 2.33 bits per heavy atom. The fourth-order valence-electron chi connectivity index (χ4n) is 2.57. The van der Waals surface area contributed by atoms with Gasteiger partial charge in [0.15, 0.2) is 18.1 Å². The molecule has 0 aromatic heterocycles. The first-order chi connectivity index (χ1) is 14.4. The van der Waals surface area contributed by atoms with E-state index in [1.165, 1.54) is 24.3 Å². The maximum atomic E-state index is 12.2. The van der Waals surface area contributed by atoms with Crippen molar-refractivity contribution in [2.24, 2.45) is 0 Å². The molecular weight excluding hydrogens is 408 g/mol. The molecule has 0 bridgehead atoms. The van der Waals surface area contributed by atoms with Crippen molar-refractivity contribution in [2.75, 3.05) is 27.4 Å². The lowest BCUT2D eigenvalue weighted by Gasteiger charge is -2.11. The van der Waals surface area contributed by atoms with E-state index < -0.39 is 10.0 Å². The Bertz CT molecular complexity index is 929. The van der Waals surface area contributed by atoms with E-state index in [0.717, 1.165) is 18.4 Å². The van der Waals surface area contributed by atoms with E-state index in [-0.39, 0.29) is 17.4 Å². The van der Waals surface area contributed by atoms with Crippen LogP contribution in [-0.4, -0.2) is 41.7 Å². The average molecular weight is 437 g/mol. The molecule has 0 saturated heterocycles. The van der Waals surface area contributed by atoms with Gasteiger partial charge in [0.2, 0.25) is 10.0 Å². The molecule has 2 rings (SSSR count). The summed E-state index contributed by atoms with van der Waals surface area (Å²) in [6.45, 7) is 2.51. The molecule has 0 unspecified atom stereocenters. The number of carbonyl (C=O) groups excluding carboxylic acids is 1. The molecule has 0 atom stereocenters. The first-order valence-corrected chi connectivity index (χ1v) is 11.1. The summed E-state index contributed by atoms with van der Waals surface area (Å²) in [4.78, 5) is 12.2. The lowest BCUT2D eigenvalue weighted by molar-refractivity contribution is -0.123. The van der Waals surface area contributed by atoms with E-state index in [1.54, 1.807) is 26.4 Å². The van der Waals surface area contributed by atoms with Crippen LogP contribution in [0.2, 0.25) is 0 Å². The van der Waals surface area contributed by atoms with Gasteiger partial charge in [-0.25, -0.2) is 13.1 Å². The first kappa shape index (κ1) is 23.5. The Labute approximate surface area is 177 Å².